The third-order valence-electron chi connectivity index (χ3n) is 2.80. The zero-order chi connectivity index (χ0) is 12.9. The maximum Gasteiger partial charge on any atom is 0.237 e. The minimum Gasteiger partial charge on any atom is -0.493 e. The topological polar surface area (TPSA) is 78.3 Å². The number of rotatable bonds is 6. The molecule has 0 aliphatic heterocycles. The standard InChI is InChI=1S/C13H20N2O2/c1-3-10-6-4-5-7-11(10)17-9-8-13(2,15)12(14)16/h4-7H,3,8-9,15H2,1-2H3,(H2,14,16). The SMILES string of the molecule is CCc1ccccc1OCCC(C)(N)C(N)=O. The zero-order valence-electron chi connectivity index (χ0n) is 10.4. The van der Waals surface area contributed by atoms with Crippen LogP contribution in [0, 0.1) is 0 Å². The average Bonchev–Trinajstić information content (AvgIpc) is 2.29. The van der Waals surface area contributed by atoms with Crippen molar-refractivity contribution in [1.29, 1.82) is 0 Å². The smallest absolute Gasteiger partial charge is 0.237 e. The third-order valence-corrected chi connectivity index (χ3v) is 2.80. The van der Waals surface area contributed by atoms with E-state index in [1.54, 1.807) is 6.92 Å². The van der Waals surface area contributed by atoms with Gasteiger partial charge in [-0.1, -0.05) is 25.1 Å². The second-order valence-corrected chi connectivity index (χ2v) is 4.34. The van der Waals surface area contributed by atoms with Gasteiger partial charge in [-0.05, 0) is 25.0 Å². The summed E-state index contributed by atoms with van der Waals surface area (Å²) in [7, 11) is 0. The first-order valence-electron chi connectivity index (χ1n) is 5.77. The van der Waals surface area contributed by atoms with Crippen molar-refractivity contribution >= 4 is 5.91 Å². The summed E-state index contributed by atoms with van der Waals surface area (Å²) in [6.45, 7) is 4.07. The quantitative estimate of drug-likeness (QED) is 0.779. The van der Waals surface area contributed by atoms with Crippen molar-refractivity contribution in [2.45, 2.75) is 32.2 Å². The van der Waals surface area contributed by atoms with Crippen molar-refractivity contribution in [3.63, 3.8) is 0 Å². The van der Waals surface area contributed by atoms with Gasteiger partial charge in [0.1, 0.15) is 5.75 Å². The number of amides is 1. The van der Waals surface area contributed by atoms with Gasteiger partial charge in [0.25, 0.3) is 0 Å². The molecule has 1 aromatic rings. The van der Waals surface area contributed by atoms with Crippen LogP contribution in [0.15, 0.2) is 24.3 Å². The Morgan fingerprint density at radius 1 is 1.41 bits per heavy atom. The molecule has 0 aliphatic rings. The predicted molar refractivity (Wildman–Crippen MR) is 67.7 cm³/mol. The molecular formula is C13H20N2O2. The molecule has 0 aromatic heterocycles. The monoisotopic (exact) mass is 236 g/mol. The molecule has 1 unspecified atom stereocenters. The van der Waals surface area contributed by atoms with Crippen LogP contribution in [-0.2, 0) is 11.2 Å². The van der Waals surface area contributed by atoms with Gasteiger partial charge in [0.15, 0.2) is 0 Å². The molecule has 0 saturated heterocycles. The van der Waals surface area contributed by atoms with Gasteiger partial charge in [-0.2, -0.15) is 0 Å². The summed E-state index contributed by atoms with van der Waals surface area (Å²) in [5, 5.41) is 0. The lowest BCUT2D eigenvalue weighted by Gasteiger charge is -2.20. The number of hydrogen-bond donors (Lipinski definition) is 2. The number of ether oxygens (including phenoxy) is 1. The first kappa shape index (κ1) is 13.5. The Bertz CT molecular complexity index is 389. The molecule has 1 atom stereocenters. The second-order valence-electron chi connectivity index (χ2n) is 4.34. The summed E-state index contributed by atoms with van der Waals surface area (Å²) in [5.74, 6) is 0.333. The highest BCUT2D eigenvalue weighted by Crippen LogP contribution is 2.19. The normalized spacial score (nSPS) is 14.1. The summed E-state index contributed by atoms with van der Waals surface area (Å²) in [5.41, 5.74) is 11.1. The molecule has 0 fully saturated rings. The van der Waals surface area contributed by atoms with Gasteiger partial charge in [0, 0.05) is 6.42 Å². The van der Waals surface area contributed by atoms with Gasteiger partial charge < -0.3 is 16.2 Å². The first-order valence-corrected chi connectivity index (χ1v) is 5.77. The fraction of sp³-hybridized carbons (Fsp3) is 0.462. The highest BCUT2D eigenvalue weighted by molar-refractivity contribution is 5.83. The number of aryl methyl sites for hydroxylation is 1. The van der Waals surface area contributed by atoms with Crippen molar-refractivity contribution in [3.8, 4) is 5.75 Å². The Balaban J connectivity index is 2.54. The molecule has 17 heavy (non-hydrogen) atoms. The Morgan fingerprint density at radius 2 is 2.06 bits per heavy atom. The lowest BCUT2D eigenvalue weighted by Crippen LogP contribution is -2.50. The molecule has 0 bridgehead atoms. The molecule has 0 radical (unpaired) electrons. The molecule has 4 nitrogen and oxygen atoms in total. The zero-order valence-corrected chi connectivity index (χ0v) is 10.4. The molecule has 0 spiro atoms. The van der Waals surface area contributed by atoms with Crippen LogP contribution in [0.25, 0.3) is 0 Å². The number of carbonyl (C=O) groups is 1. The summed E-state index contributed by atoms with van der Waals surface area (Å²) in [4.78, 5) is 11.0. The van der Waals surface area contributed by atoms with Crippen molar-refractivity contribution in [2.24, 2.45) is 11.5 Å². The lowest BCUT2D eigenvalue weighted by molar-refractivity contribution is -0.123. The van der Waals surface area contributed by atoms with Crippen molar-refractivity contribution in [3.05, 3.63) is 29.8 Å². The highest BCUT2D eigenvalue weighted by atomic mass is 16.5. The maximum atomic E-state index is 11.0. The van der Waals surface area contributed by atoms with E-state index < -0.39 is 11.4 Å². The van der Waals surface area contributed by atoms with Gasteiger partial charge in [-0.25, -0.2) is 0 Å². The highest BCUT2D eigenvalue weighted by Gasteiger charge is 2.25. The minimum absolute atomic E-state index is 0.382. The number of benzene rings is 1. The van der Waals surface area contributed by atoms with Crippen LogP contribution >= 0.6 is 0 Å². The van der Waals surface area contributed by atoms with Crippen LogP contribution < -0.4 is 16.2 Å². The molecule has 1 aromatic carbocycles. The summed E-state index contributed by atoms with van der Waals surface area (Å²) in [6, 6.07) is 7.83. The van der Waals surface area contributed by atoms with Gasteiger partial charge >= 0.3 is 0 Å². The number of nitrogens with two attached hydrogens (primary N) is 2. The fourth-order valence-electron chi connectivity index (χ4n) is 1.43. The van der Waals surface area contributed by atoms with Crippen LogP contribution in [0.1, 0.15) is 25.8 Å². The summed E-state index contributed by atoms with van der Waals surface area (Å²) >= 11 is 0. The van der Waals surface area contributed by atoms with Crippen LogP contribution in [0.3, 0.4) is 0 Å². The van der Waals surface area contributed by atoms with E-state index >= 15 is 0 Å². The molecule has 94 valence electrons. The molecule has 4 heteroatoms. The fourth-order valence-corrected chi connectivity index (χ4v) is 1.43. The van der Waals surface area contributed by atoms with Crippen LogP contribution in [0.5, 0.6) is 5.75 Å². The maximum absolute atomic E-state index is 11.0. The number of primary amides is 1. The number of para-hydroxylation sites is 1. The van der Waals surface area contributed by atoms with E-state index in [1.807, 2.05) is 24.3 Å². The van der Waals surface area contributed by atoms with Crippen LogP contribution in [0.2, 0.25) is 0 Å². The average molecular weight is 236 g/mol. The Hall–Kier alpha value is -1.55. The summed E-state index contributed by atoms with van der Waals surface area (Å²) < 4.78 is 5.63. The van der Waals surface area contributed by atoms with E-state index in [9.17, 15) is 4.79 Å². The molecule has 0 aliphatic carbocycles. The lowest BCUT2D eigenvalue weighted by atomic mass is 9.99. The largest absolute Gasteiger partial charge is 0.493 e. The van der Waals surface area contributed by atoms with Crippen molar-refractivity contribution in [2.75, 3.05) is 6.61 Å². The van der Waals surface area contributed by atoms with E-state index in [2.05, 4.69) is 6.92 Å². The number of carbonyl (C=O) groups excluding carboxylic acids is 1. The van der Waals surface area contributed by atoms with Crippen molar-refractivity contribution < 1.29 is 9.53 Å². The van der Waals surface area contributed by atoms with E-state index in [0.29, 0.717) is 13.0 Å². The molecule has 1 rings (SSSR count). The van der Waals surface area contributed by atoms with E-state index in [4.69, 9.17) is 16.2 Å². The van der Waals surface area contributed by atoms with Gasteiger partial charge in [-0.15, -0.1) is 0 Å². The minimum atomic E-state index is -1.01. The van der Waals surface area contributed by atoms with Crippen molar-refractivity contribution in [1.82, 2.24) is 0 Å². The van der Waals surface area contributed by atoms with E-state index in [0.717, 1.165) is 17.7 Å². The molecule has 4 N–H and O–H groups in total. The Morgan fingerprint density at radius 3 is 2.65 bits per heavy atom. The first-order chi connectivity index (χ1) is 7.97. The Labute approximate surface area is 102 Å². The van der Waals surface area contributed by atoms with Gasteiger partial charge in [0.2, 0.25) is 5.91 Å². The molecule has 0 heterocycles. The van der Waals surface area contributed by atoms with Crippen LogP contribution in [0.4, 0.5) is 0 Å². The van der Waals surface area contributed by atoms with Crippen LogP contribution in [-0.4, -0.2) is 18.1 Å². The summed E-state index contributed by atoms with van der Waals surface area (Å²) in [6.07, 6.45) is 1.31. The second kappa shape index (κ2) is 5.68. The molecule has 0 saturated carbocycles. The van der Waals surface area contributed by atoms with E-state index in [-0.39, 0.29) is 0 Å². The number of hydrogen-bond acceptors (Lipinski definition) is 3. The van der Waals surface area contributed by atoms with E-state index in [1.165, 1.54) is 0 Å². The van der Waals surface area contributed by atoms with Gasteiger partial charge in [0.05, 0.1) is 12.1 Å². The third kappa shape index (κ3) is 3.75. The Kier molecular flexibility index (Phi) is 4.52. The predicted octanol–water partition coefficient (Wildman–Crippen LogP) is 1.22. The van der Waals surface area contributed by atoms with Gasteiger partial charge in [-0.3, -0.25) is 4.79 Å². The molecule has 1 amide bonds. The molecular weight excluding hydrogens is 216 g/mol.